The van der Waals surface area contributed by atoms with Crippen LogP contribution in [0.15, 0.2) is 176 Å². The van der Waals surface area contributed by atoms with E-state index in [9.17, 15) is 0 Å². The van der Waals surface area contributed by atoms with Crippen LogP contribution in [0.1, 0.15) is 0 Å². The number of rotatable bonds is 4. The molecule has 8 aromatic carbocycles. The van der Waals surface area contributed by atoms with Gasteiger partial charge >= 0.3 is 0 Å². The minimum atomic E-state index is 1.19. The average molecular weight is 628 g/mol. The molecule has 0 fully saturated rings. The second kappa shape index (κ2) is 10.8. The quantitative estimate of drug-likeness (QED) is 0.171. The molecule has 2 heteroatoms. The maximum Gasteiger partial charge on any atom is 0.0727 e. The van der Waals surface area contributed by atoms with E-state index in [2.05, 4.69) is 180 Å². The summed E-state index contributed by atoms with van der Waals surface area (Å²) in [5, 5.41) is 7.69. The summed E-state index contributed by atoms with van der Waals surface area (Å²) in [6, 6.07) is 64.2. The molecule has 0 bridgehead atoms. The van der Waals surface area contributed by atoms with Crippen molar-refractivity contribution in [3.05, 3.63) is 176 Å². The fourth-order valence-corrected chi connectivity index (χ4v) is 9.12. The van der Waals surface area contributed by atoms with Gasteiger partial charge in [0.1, 0.15) is 0 Å². The van der Waals surface area contributed by atoms with Gasteiger partial charge in [0.05, 0.1) is 15.7 Å². The molecule has 0 radical (unpaired) electrons. The number of fused-ring (bicyclic) bond motifs is 7. The number of aromatic nitrogens is 1. The first kappa shape index (κ1) is 27.2. The second-order valence-corrected chi connectivity index (χ2v) is 13.5. The van der Waals surface area contributed by atoms with Gasteiger partial charge in [-0.2, -0.15) is 0 Å². The van der Waals surface area contributed by atoms with E-state index in [0.29, 0.717) is 0 Å². The molecule has 0 aliphatic carbocycles. The molecule has 0 N–H and O–H groups in total. The van der Waals surface area contributed by atoms with Gasteiger partial charge in [-0.05, 0) is 79.2 Å². The zero-order chi connectivity index (χ0) is 31.6. The highest BCUT2D eigenvalue weighted by molar-refractivity contribution is 7.27. The SMILES string of the molecule is c1ccc(-c2c3ccccc3c(-c3cccc(-c4cccc5c4sc4c6ccccc6n(-c6ccccc6)c54)c3)c3ccccc23)cc1. The molecule has 0 saturated carbocycles. The lowest BCUT2D eigenvalue weighted by molar-refractivity contribution is 1.19. The van der Waals surface area contributed by atoms with E-state index in [0.717, 1.165) is 0 Å². The van der Waals surface area contributed by atoms with E-state index in [4.69, 9.17) is 0 Å². The van der Waals surface area contributed by atoms with Crippen LogP contribution in [0.5, 0.6) is 0 Å². The zero-order valence-electron chi connectivity index (χ0n) is 26.1. The van der Waals surface area contributed by atoms with E-state index in [1.807, 2.05) is 11.3 Å². The van der Waals surface area contributed by atoms with Crippen LogP contribution in [0.25, 0.3) is 91.8 Å². The van der Waals surface area contributed by atoms with Gasteiger partial charge in [0, 0.05) is 21.2 Å². The maximum absolute atomic E-state index is 2.44. The Balaban J connectivity index is 1.23. The Labute approximate surface area is 282 Å². The molecule has 0 spiro atoms. The van der Waals surface area contributed by atoms with Gasteiger partial charge in [-0.25, -0.2) is 0 Å². The molecule has 10 rings (SSSR count). The molecule has 10 aromatic rings. The molecule has 0 amide bonds. The van der Waals surface area contributed by atoms with Crippen molar-refractivity contribution in [3.8, 4) is 39.1 Å². The van der Waals surface area contributed by atoms with Crippen LogP contribution < -0.4 is 0 Å². The third-order valence-electron chi connectivity index (χ3n) is 9.77. The molecule has 1 nitrogen and oxygen atoms in total. The van der Waals surface area contributed by atoms with Crippen LogP contribution in [-0.4, -0.2) is 4.57 Å². The van der Waals surface area contributed by atoms with Crippen LogP contribution in [-0.2, 0) is 0 Å². The molecule has 0 atom stereocenters. The molecule has 0 aliphatic heterocycles. The van der Waals surface area contributed by atoms with Crippen LogP contribution in [0.3, 0.4) is 0 Å². The Hall–Kier alpha value is -5.96. The predicted molar refractivity (Wildman–Crippen MR) is 207 cm³/mol. The molecule has 0 aliphatic rings. The highest BCUT2D eigenvalue weighted by Crippen LogP contribution is 2.47. The highest BCUT2D eigenvalue weighted by atomic mass is 32.1. The summed E-state index contributed by atoms with van der Waals surface area (Å²) >= 11 is 1.91. The van der Waals surface area contributed by atoms with E-state index in [-0.39, 0.29) is 0 Å². The molecular weight excluding hydrogens is 599 g/mol. The maximum atomic E-state index is 2.44. The lowest BCUT2D eigenvalue weighted by Crippen LogP contribution is -1.93. The summed E-state index contributed by atoms with van der Waals surface area (Å²) in [7, 11) is 0. The van der Waals surface area contributed by atoms with Crippen molar-refractivity contribution in [2.75, 3.05) is 0 Å². The Kier molecular flexibility index (Phi) is 6.12. The van der Waals surface area contributed by atoms with E-state index < -0.39 is 0 Å². The largest absolute Gasteiger partial charge is 0.308 e. The van der Waals surface area contributed by atoms with Crippen molar-refractivity contribution < 1.29 is 0 Å². The Morgan fingerprint density at radius 1 is 0.354 bits per heavy atom. The fourth-order valence-electron chi connectivity index (χ4n) is 7.76. The van der Waals surface area contributed by atoms with Gasteiger partial charge in [0.25, 0.3) is 0 Å². The average Bonchev–Trinajstić information content (AvgIpc) is 3.69. The van der Waals surface area contributed by atoms with Crippen LogP contribution >= 0.6 is 11.3 Å². The molecular formula is C46H29NS. The Bertz CT molecular complexity index is 2760. The fraction of sp³-hybridized carbons (Fsp3) is 0. The first-order chi connectivity index (χ1) is 23.8. The van der Waals surface area contributed by atoms with Gasteiger partial charge < -0.3 is 4.57 Å². The standard InChI is InChI=1S/C46H29NS/c1-3-15-30(16-4-1)42-35-21-7-9-23-37(35)43(38-24-10-8-22-36(38)42)32-18-13-17-31(29-32)34-26-14-27-40-44-46(48-45(34)40)39-25-11-12-28-41(39)47(44)33-19-5-2-6-20-33/h1-29H. The monoisotopic (exact) mass is 627 g/mol. The van der Waals surface area contributed by atoms with E-state index in [1.54, 1.807) is 0 Å². The van der Waals surface area contributed by atoms with Crippen molar-refractivity contribution in [3.63, 3.8) is 0 Å². The number of hydrogen-bond acceptors (Lipinski definition) is 1. The van der Waals surface area contributed by atoms with Gasteiger partial charge in [-0.3, -0.25) is 0 Å². The minimum Gasteiger partial charge on any atom is -0.308 e. The molecule has 0 unspecified atom stereocenters. The predicted octanol–water partition coefficient (Wildman–Crippen LogP) is 13.3. The highest BCUT2D eigenvalue weighted by Gasteiger charge is 2.20. The number of nitrogens with zero attached hydrogens (tertiary/aromatic N) is 1. The van der Waals surface area contributed by atoms with Crippen molar-refractivity contribution in [2.45, 2.75) is 0 Å². The second-order valence-electron chi connectivity index (χ2n) is 12.4. The Morgan fingerprint density at radius 2 is 0.854 bits per heavy atom. The van der Waals surface area contributed by atoms with E-state index >= 15 is 0 Å². The van der Waals surface area contributed by atoms with Gasteiger partial charge in [-0.15, -0.1) is 11.3 Å². The lowest BCUT2D eigenvalue weighted by atomic mass is 9.85. The summed E-state index contributed by atoms with van der Waals surface area (Å²) in [6.45, 7) is 0. The number of hydrogen-bond donors (Lipinski definition) is 0. The van der Waals surface area contributed by atoms with Crippen molar-refractivity contribution >= 4 is 64.1 Å². The summed E-state index contributed by atoms with van der Waals surface area (Å²) in [6.07, 6.45) is 0. The number of thiophene rings is 1. The number of benzene rings is 8. The van der Waals surface area contributed by atoms with Crippen molar-refractivity contribution in [1.29, 1.82) is 0 Å². The third kappa shape index (κ3) is 4.03. The molecule has 2 heterocycles. The van der Waals surface area contributed by atoms with Gasteiger partial charge in [0.15, 0.2) is 0 Å². The van der Waals surface area contributed by atoms with E-state index in [1.165, 1.54) is 91.8 Å². The first-order valence-corrected chi connectivity index (χ1v) is 17.3. The van der Waals surface area contributed by atoms with Gasteiger partial charge in [0.2, 0.25) is 0 Å². The summed E-state index contributed by atoms with van der Waals surface area (Å²) < 4.78 is 5.10. The smallest absolute Gasteiger partial charge is 0.0727 e. The summed E-state index contributed by atoms with van der Waals surface area (Å²) in [4.78, 5) is 0. The van der Waals surface area contributed by atoms with Crippen molar-refractivity contribution in [2.24, 2.45) is 0 Å². The van der Waals surface area contributed by atoms with Crippen LogP contribution in [0.4, 0.5) is 0 Å². The molecule has 2 aromatic heterocycles. The van der Waals surface area contributed by atoms with Gasteiger partial charge in [-0.1, -0.05) is 152 Å². The lowest BCUT2D eigenvalue weighted by Gasteiger charge is -2.18. The molecule has 224 valence electrons. The third-order valence-corrected chi connectivity index (χ3v) is 11.0. The molecule has 0 saturated heterocycles. The first-order valence-electron chi connectivity index (χ1n) is 16.4. The van der Waals surface area contributed by atoms with Crippen LogP contribution in [0.2, 0.25) is 0 Å². The number of para-hydroxylation sites is 2. The molecule has 48 heavy (non-hydrogen) atoms. The Morgan fingerprint density at radius 3 is 1.54 bits per heavy atom. The summed E-state index contributed by atoms with van der Waals surface area (Å²) in [5.41, 5.74) is 11.3. The minimum absolute atomic E-state index is 1.19. The van der Waals surface area contributed by atoms with Crippen molar-refractivity contribution in [1.82, 2.24) is 4.57 Å². The van der Waals surface area contributed by atoms with Crippen LogP contribution in [0, 0.1) is 0 Å². The zero-order valence-corrected chi connectivity index (χ0v) is 26.9. The summed E-state index contributed by atoms with van der Waals surface area (Å²) in [5.74, 6) is 0. The normalized spacial score (nSPS) is 11.8. The topological polar surface area (TPSA) is 4.93 Å².